The van der Waals surface area contributed by atoms with Gasteiger partial charge >= 0.3 is 0 Å². The summed E-state index contributed by atoms with van der Waals surface area (Å²) < 4.78 is 25.9. The van der Waals surface area contributed by atoms with Gasteiger partial charge in [0.15, 0.2) is 0 Å². The third-order valence-corrected chi connectivity index (χ3v) is 5.44. The Morgan fingerprint density at radius 3 is 2.52 bits per heavy atom. The summed E-state index contributed by atoms with van der Waals surface area (Å²) in [4.78, 5) is 10.7. The second-order valence-electron chi connectivity index (χ2n) is 5.35. The van der Waals surface area contributed by atoms with Crippen molar-refractivity contribution in [3.8, 4) is 6.07 Å². The van der Waals surface area contributed by atoms with Crippen molar-refractivity contribution in [3.05, 3.63) is 63.7 Å². The van der Waals surface area contributed by atoms with Crippen molar-refractivity contribution in [3.63, 3.8) is 0 Å². The van der Waals surface area contributed by atoms with Gasteiger partial charge in [-0.05, 0) is 23.8 Å². The van der Waals surface area contributed by atoms with E-state index in [0.717, 1.165) is 4.31 Å². The molecule has 0 fully saturated rings. The second-order valence-corrected chi connectivity index (χ2v) is 7.47. The van der Waals surface area contributed by atoms with E-state index in [4.69, 9.17) is 5.26 Å². The Bertz CT molecular complexity index is 949. The fraction of sp³-hybridized carbons (Fsp3) is 0.188. The molecule has 0 heterocycles. The molecule has 2 aromatic carbocycles. The lowest BCUT2D eigenvalue weighted by atomic mass is 10.1. The van der Waals surface area contributed by atoms with E-state index in [-0.39, 0.29) is 28.4 Å². The number of nitro benzene ring substituents is 1. The van der Waals surface area contributed by atoms with Gasteiger partial charge in [-0.1, -0.05) is 18.2 Å². The van der Waals surface area contributed by atoms with Crippen LogP contribution in [0.4, 0.5) is 11.4 Å². The number of hydrogen-bond acceptors (Lipinski definition) is 6. The monoisotopic (exact) mass is 360 g/mol. The normalized spacial score (nSPS) is 11.1. The maximum Gasteiger partial charge on any atom is 0.292 e. The molecule has 0 saturated carbocycles. The number of sulfonamides is 1. The Labute approximate surface area is 145 Å². The molecule has 9 heteroatoms. The quantitative estimate of drug-likeness (QED) is 0.624. The zero-order valence-electron chi connectivity index (χ0n) is 13.6. The lowest BCUT2D eigenvalue weighted by Gasteiger charge is -2.16. The minimum atomic E-state index is -3.64. The first kappa shape index (κ1) is 18.4. The summed E-state index contributed by atoms with van der Waals surface area (Å²) in [5.41, 5.74) is 0.697. The van der Waals surface area contributed by atoms with Crippen LogP contribution in [0.1, 0.15) is 11.1 Å². The number of nitro groups is 1. The van der Waals surface area contributed by atoms with Gasteiger partial charge in [-0.3, -0.25) is 10.1 Å². The summed E-state index contributed by atoms with van der Waals surface area (Å²) >= 11 is 0. The summed E-state index contributed by atoms with van der Waals surface area (Å²) in [5.74, 6) is 0. The van der Waals surface area contributed by atoms with Crippen LogP contribution in [-0.2, 0) is 16.6 Å². The number of nitrogens with one attached hydrogen (secondary N) is 1. The Morgan fingerprint density at radius 1 is 1.24 bits per heavy atom. The minimum absolute atomic E-state index is 0.0545. The van der Waals surface area contributed by atoms with E-state index in [1.165, 1.54) is 38.4 Å². The Morgan fingerprint density at radius 2 is 1.92 bits per heavy atom. The van der Waals surface area contributed by atoms with Crippen molar-refractivity contribution >= 4 is 21.4 Å². The minimum Gasteiger partial charge on any atom is -0.375 e. The van der Waals surface area contributed by atoms with E-state index in [1.54, 1.807) is 18.2 Å². The van der Waals surface area contributed by atoms with E-state index in [2.05, 4.69) is 5.32 Å². The molecule has 0 aliphatic rings. The van der Waals surface area contributed by atoms with E-state index in [0.29, 0.717) is 5.56 Å². The summed E-state index contributed by atoms with van der Waals surface area (Å²) in [5, 5.41) is 22.9. The molecule has 25 heavy (non-hydrogen) atoms. The zero-order chi connectivity index (χ0) is 18.6. The van der Waals surface area contributed by atoms with Crippen LogP contribution in [0.25, 0.3) is 0 Å². The van der Waals surface area contributed by atoms with E-state index < -0.39 is 14.9 Å². The third-order valence-electron chi connectivity index (χ3n) is 3.52. The second kappa shape index (κ2) is 7.29. The molecule has 0 amide bonds. The lowest BCUT2D eigenvalue weighted by molar-refractivity contribution is -0.384. The molecule has 2 rings (SSSR count). The van der Waals surface area contributed by atoms with Crippen LogP contribution in [0.2, 0.25) is 0 Å². The van der Waals surface area contributed by atoms with Crippen molar-refractivity contribution in [1.82, 2.24) is 4.31 Å². The summed E-state index contributed by atoms with van der Waals surface area (Å²) in [6.45, 7) is 0.0545. The van der Waals surface area contributed by atoms with Crippen molar-refractivity contribution in [1.29, 1.82) is 5.26 Å². The Kier molecular flexibility index (Phi) is 5.36. The fourth-order valence-electron chi connectivity index (χ4n) is 2.20. The van der Waals surface area contributed by atoms with Gasteiger partial charge in [0.05, 0.1) is 21.5 Å². The third kappa shape index (κ3) is 3.93. The predicted molar refractivity (Wildman–Crippen MR) is 92.5 cm³/mol. The van der Waals surface area contributed by atoms with Crippen LogP contribution in [0.3, 0.4) is 0 Å². The van der Waals surface area contributed by atoms with Gasteiger partial charge in [-0.25, -0.2) is 12.7 Å². The summed E-state index contributed by atoms with van der Waals surface area (Å²) in [6, 6.07) is 12.3. The van der Waals surface area contributed by atoms with Gasteiger partial charge in [0.25, 0.3) is 5.69 Å². The fourth-order valence-corrected chi connectivity index (χ4v) is 3.31. The van der Waals surface area contributed by atoms with Crippen molar-refractivity contribution in [2.45, 2.75) is 11.4 Å². The van der Waals surface area contributed by atoms with E-state index >= 15 is 0 Å². The molecular weight excluding hydrogens is 344 g/mol. The van der Waals surface area contributed by atoms with Crippen molar-refractivity contribution in [2.24, 2.45) is 0 Å². The molecule has 0 aliphatic heterocycles. The lowest BCUT2D eigenvalue weighted by Crippen LogP contribution is -2.23. The maximum atomic E-state index is 12.4. The molecule has 0 unspecified atom stereocenters. The van der Waals surface area contributed by atoms with Crippen LogP contribution in [0.15, 0.2) is 47.4 Å². The van der Waals surface area contributed by atoms with Crippen molar-refractivity contribution in [2.75, 3.05) is 19.4 Å². The molecule has 0 saturated heterocycles. The van der Waals surface area contributed by atoms with Crippen LogP contribution in [0, 0.1) is 21.4 Å². The number of rotatable bonds is 6. The van der Waals surface area contributed by atoms with E-state index in [1.807, 2.05) is 6.07 Å². The highest BCUT2D eigenvalue weighted by molar-refractivity contribution is 7.89. The molecule has 8 nitrogen and oxygen atoms in total. The van der Waals surface area contributed by atoms with Gasteiger partial charge in [-0.2, -0.15) is 5.26 Å². The molecule has 0 aromatic heterocycles. The topological polar surface area (TPSA) is 116 Å². The number of hydrogen-bond donors (Lipinski definition) is 1. The van der Waals surface area contributed by atoms with Gasteiger partial charge in [0, 0.05) is 26.7 Å². The highest BCUT2D eigenvalue weighted by Crippen LogP contribution is 2.27. The molecule has 130 valence electrons. The Balaban J connectivity index is 2.38. The largest absolute Gasteiger partial charge is 0.375 e. The van der Waals surface area contributed by atoms with Crippen LogP contribution >= 0.6 is 0 Å². The summed E-state index contributed by atoms with van der Waals surface area (Å²) in [6.07, 6.45) is 0. The maximum absolute atomic E-state index is 12.4. The van der Waals surface area contributed by atoms with Crippen LogP contribution < -0.4 is 5.32 Å². The van der Waals surface area contributed by atoms with Crippen LogP contribution in [-0.4, -0.2) is 31.7 Å². The number of nitriles is 1. The van der Waals surface area contributed by atoms with Crippen molar-refractivity contribution < 1.29 is 13.3 Å². The SMILES string of the molecule is CN(C)S(=O)(=O)c1ccccc1CNc1cc(C#N)ccc1[N+](=O)[O-]. The average Bonchev–Trinajstić information content (AvgIpc) is 2.59. The standard InChI is InChI=1S/C16H16N4O4S/c1-19(2)25(23,24)16-6-4-3-5-13(16)11-18-14-9-12(10-17)7-8-15(14)20(21)22/h3-9,18H,11H2,1-2H3. The molecule has 0 radical (unpaired) electrons. The number of anilines is 1. The number of nitrogens with zero attached hydrogens (tertiary/aromatic N) is 3. The van der Waals surface area contributed by atoms with Gasteiger partial charge in [-0.15, -0.1) is 0 Å². The first-order chi connectivity index (χ1) is 11.8. The molecule has 0 atom stereocenters. The highest BCUT2D eigenvalue weighted by atomic mass is 32.2. The first-order valence-electron chi connectivity index (χ1n) is 7.20. The highest BCUT2D eigenvalue weighted by Gasteiger charge is 2.21. The van der Waals surface area contributed by atoms with Gasteiger partial charge in [0.1, 0.15) is 5.69 Å². The molecule has 1 N–H and O–H groups in total. The molecule has 0 spiro atoms. The molecular formula is C16H16N4O4S. The molecule has 0 bridgehead atoms. The van der Waals surface area contributed by atoms with Gasteiger partial charge in [0.2, 0.25) is 10.0 Å². The zero-order valence-corrected chi connectivity index (χ0v) is 14.4. The van der Waals surface area contributed by atoms with E-state index in [9.17, 15) is 18.5 Å². The summed E-state index contributed by atoms with van der Waals surface area (Å²) in [7, 11) is -0.781. The number of benzene rings is 2. The van der Waals surface area contributed by atoms with Gasteiger partial charge < -0.3 is 5.32 Å². The average molecular weight is 360 g/mol. The molecule has 0 aliphatic carbocycles. The smallest absolute Gasteiger partial charge is 0.292 e. The Hall–Kier alpha value is -2.96. The first-order valence-corrected chi connectivity index (χ1v) is 8.64. The molecule has 2 aromatic rings. The predicted octanol–water partition coefficient (Wildman–Crippen LogP) is 2.33. The van der Waals surface area contributed by atoms with Crippen LogP contribution in [0.5, 0.6) is 0 Å².